The zero-order valence-electron chi connectivity index (χ0n) is 9.53. The smallest absolute Gasteiger partial charge is 0.285 e. The fraction of sp³-hybridized carbons (Fsp3) is 1.00. The standard InChI is InChI=1S/C8H21N4OP/c1-10(2)14(13,11(3)4)12-7-5-9-6-8-12/h9H,5-8H2,1-4H3. The van der Waals surface area contributed by atoms with E-state index in [1.54, 1.807) is 0 Å². The van der Waals surface area contributed by atoms with Gasteiger partial charge < -0.3 is 5.32 Å². The fourth-order valence-electron chi connectivity index (χ4n) is 1.78. The summed E-state index contributed by atoms with van der Waals surface area (Å²) in [5, 5.41) is 3.26. The Bertz CT molecular complexity index is 213. The van der Waals surface area contributed by atoms with E-state index < -0.39 is 7.59 Å². The van der Waals surface area contributed by atoms with Crippen molar-refractivity contribution in [3.8, 4) is 0 Å². The highest BCUT2D eigenvalue weighted by Crippen LogP contribution is 2.52. The maximum Gasteiger partial charge on any atom is 0.285 e. The zero-order valence-corrected chi connectivity index (χ0v) is 10.4. The normalized spacial score (nSPS) is 20.7. The van der Waals surface area contributed by atoms with E-state index >= 15 is 0 Å². The summed E-state index contributed by atoms with van der Waals surface area (Å²) in [6.45, 7) is 3.55. The average Bonchev–Trinajstić information content (AvgIpc) is 2.17. The SMILES string of the molecule is CN(C)P(=O)(N(C)C)N1CCNCC1. The number of rotatable bonds is 3. The summed E-state index contributed by atoms with van der Waals surface area (Å²) in [5.74, 6) is 0. The predicted molar refractivity (Wildman–Crippen MR) is 59.4 cm³/mol. The van der Waals surface area contributed by atoms with E-state index in [1.165, 1.54) is 0 Å². The molecule has 0 aliphatic carbocycles. The van der Waals surface area contributed by atoms with Gasteiger partial charge in [0.2, 0.25) is 0 Å². The van der Waals surface area contributed by atoms with Crippen LogP contribution < -0.4 is 5.32 Å². The molecule has 1 aliphatic rings. The van der Waals surface area contributed by atoms with Crippen molar-refractivity contribution in [1.82, 2.24) is 19.3 Å². The third kappa shape index (κ3) is 2.18. The van der Waals surface area contributed by atoms with Gasteiger partial charge in [0.15, 0.2) is 0 Å². The summed E-state index contributed by atoms with van der Waals surface area (Å²) < 4.78 is 18.5. The first kappa shape index (κ1) is 12.1. The molecule has 0 amide bonds. The molecule has 0 aromatic heterocycles. The Balaban J connectivity index is 2.81. The Hall–Kier alpha value is 0.0700. The number of piperazine rings is 1. The second-order valence-electron chi connectivity index (χ2n) is 3.91. The van der Waals surface area contributed by atoms with Gasteiger partial charge in [-0.05, 0) is 28.2 Å². The molecule has 1 fully saturated rings. The summed E-state index contributed by atoms with van der Waals surface area (Å²) >= 11 is 0. The van der Waals surface area contributed by atoms with Gasteiger partial charge in [0, 0.05) is 26.2 Å². The number of nitrogens with one attached hydrogen (secondary N) is 1. The van der Waals surface area contributed by atoms with Gasteiger partial charge in [0.1, 0.15) is 0 Å². The van der Waals surface area contributed by atoms with E-state index in [-0.39, 0.29) is 0 Å². The second kappa shape index (κ2) is 4.73. The van der Waals surface area contributed by atoms with Crippen LogP contribution in [0.3, 0.4) is 0 Å². The second-order valence-corrected chi connectivity index (χ2v) is 7.10. The minimum atomic E-state index is -2.48. The van der Waals surface area contributed by atoms with E-state index in [2.05, 4.69) is 9.99 Å². The van der Waals surface area contributed by atoms with Crippen LogP contribution in [0.1, 0.15) is 0 Å². The minimum Gasteiger partial charge on any atom is -0.314 e. The van der Waals surface area contributed by atoms with Crippen LogP contribution in [-0.2, 0) is 4.57 Å². The van der Waals surface area contributed by atoms with Crippen molar-refractivity contribution >= 4 is 7.59 Å². The Morgan fingerprint density at radius 3 is 1.86 bits per heavy atom. The van der Waals surface area contributed by atoms with Crippen molar-refractivity contribution in [3.63, 3.8) is 0 Å². The van der Waals surface area contributed by atoms with Gasteiger partial charge in [-0.25, -0.2) is 14.0 Å². The molecule has 0 aromatic carbocycles. The van der Waals surface area contributed by atoms with Crippen LogP contribution in [0.25, 0.3) is 0 Å². The fourth-order valence-corrected chi connectivity index (χ4v) is 4.23. The Morgan fingerprint density at radius 2 is 1.50 bits per heavy atom. The van der Waals surface area contributed by atoms with Gasteiger partial charge in [-0.1, -0.05) is 0 Å². The average molecular weight is 220 g/mol. The van der Waals surface area contributed by atoms with Crippen LogP contribution in [0, 0.1) is 0 Å². The molecule has 14 heavy (non-hydrogen) atoms. The molecule has 0 unspecified atom stereocenters. The molecule has 6 heteroatoms. The summed E-state index contributed by atoms with van der Waals surface area (Å²) in [6, 6.07) is 0. The Morgan fingerprint density at radius 1 is 1.07 bits per heavy atom. The monoisotopic (exact) mass is 220 g/mol. The van der Waals surface area contributed by atoms with E-state index in [0.717, 1.165) is 26.2 Å². The lowest BCUT2D eigenvalue weighted by Gasteiger charge is -2.41. The van der Waals surface area contributed by atoms with Gasteiger partial charge >= 0.3 is 0 Å². The van der Waals surface area contributed by atoms with Crippen LogP contribution in [0.15, 0.2) is 0 Å². The quantitative estimate of drug-likeness (QED) is 0.684. The molecule has 0 saturated carbocycles. The lowest BCUT2D eigenvalue weighted by molar-refractivity contribution is 0.299. The van der Waals surface area contributed by atoms with E-state index in [0.29, 0.717) is 0 Å². The largest absolute Gasteiger partial charge is 0.314 e. The molecule has 1 aliphatic heterocycles. The van der Waals surface area contributed by atoms with E-state index in [1.807, 2.05) is 37.5 Å². The van der Waals surface area contributed by atoms with Crippen molar-refractivity contribution in [1.29, 1.82) is 0 Å². The zero-order chi connectivity index (χ0) is 10.8. The van der Waals surface area contributed by atoms with Crippen LogP contribution >= 0.6 is 7.59 Å². The molecule has 1 heterocycles. The van der Waals surface area contributed by atoms with Crippen LogP contribution in [0.5, 0.6) is 0 Å². The van der Waals surface area contributed by atoms with Crippen molar-refractivity contribution in [3.05, 3.63) is 0 Å². The van der Waals surface area contributed by atoms with E-state index in [4.69, 9.17) is 0 Å². The molecule has 0 bridgehead atoms. The molecular weight excluding hydrogens is 199 g/mol. The predicted octanol–water partition coefficient (Wildman–Crippen LogP) is 0.123. The molecule has 0 aromatic rings. The summed E-state index contributed by atoms with van der Waals surface area (Å²) in [4.78, 5) is 0. The lowest BCUT2D eigenvalue weighted by Crippen LogP contribution is -2.46. The van der Waals surface area contributed by atoms with Crippen LogP contribution in [-0.4, -0.2) is 68.4 Å². The summed E-state index contributed by atoms with van der Waals surface area (Å²) in [7, 11) is 5.03. The van der Waals surface area contributed by atoms with Gasteiger partial charge in [0.25, 0.3) is 7.59 Å². The molecular formula is C8H21N4OP. The van der Waals surface area contributed by atoms with Crippen molar-refractivity contribution in [2.24, 2.45) is 0 Å². The Kier molecular flexibility index (Phi) is 4.10. The number of hydrogen-bond acceptors (Lipinski definition) is 2. The van der Waals surface area contributed by atoms with Gasteiger partial charge in [-0.3, -0.25) is 4.57 Å². The third-order valence-corrected chi connectivity index (χ3v) is 5.73. The van der Waals surface area contributed by atoms with Gasteiger partial charge in [-0.15, -0.1) is 0 Å². The van der Waals surface area contributed by atoms with Crippen molar-refractivity contribution < 1.29 is 4.57 Å². The molecule has 1 rings (SSSR count). The van der Waals surface area contributed by atoms with Gasteiger partial charge in [-0.2, -0.15) is 0 Å². The first-order valence-electron chi connectivity index (χ1n) is 4.91. The highest BCUT2D eigenvalue weighted by atomic mass is 31.2. The first-order valence-corrected chi connectivity index (χ1v) is 6.48. The van der Waals surface area contributed by atoms with Crippen molar-refractivity contribution in [2.75, 3.05) is 54.4 Å². The number of nitrogens with zero attached hydrogens (tertiary/aromatic N) is 3. The highest BCUT2D eigenvalue weighted by molar-refractivity contribution is 7.56. The van der Waals surface area contributed by atoms with Gasteiger partial charge in [0.05, 0.1) is 0 Å². The maximum atomic E-state index is 12.7. The molecule has 0 radical (unpaired) electrons. The van der Waals surface area contributed by atoms with Crippen LogP contribution in [0.2, 0.25) is 0 Å². The maximum absolute atomic E-state index is 12.7. The third-order valence-electron chi connectivity index (χ3n) is 2.50. The van der Waals surface area contributed by atoms with Crippen molar-refractivity contribution in [2.45, 2.75) is 0 Å². The molecule has 5 nitrogen and oxygen atoms in total. The molecule has 1 N–H and O–H groups in total. The Labute approximate surface area is 86.6 Å². The summed E-state index contributed by atoms with van der Waals surface area (Å²) in [5.41, 5.74) is 0. The first-order chi connectivity index (χ1) is 6.49. The van der Waals surface area contributed by atoms with Crippen LogP contribution in [0.4, 0.5) is 0 Å². The highest BCUT2D eigenvalue weighted by Gasteiger charge is 2.35. The lowest BCUT2D eigenvalue weighted by atomic mass is 10.4. The molecule has 0 atom stereocenters. The minimum absolute atomic E-state index is 0.855. The number of hydrogen-bond donors (Lipinski definition) is 1. The molecule has 1 saturated heterocycles. The summed E-state index contributed by atoms with van der Waals surface area (Å²) in [6.07, 6.45) is 0. The topological polar surface area (TPSA) is 38.8 Å². The molecule has 84 valence electrons. The van der Waals surface area contributed by atoms with E-state index in [9.17, 15) is 4.57 Å². The molecule has 0 spiro atoms.